The van der Waals surface area contributed by atoms with Crippen LogP contribution in [0.15, 0.2) is 30.3 Å². The molecule has 1 N–H and O–H groups in total. The highest BCUT2D eigenvalue weighted by molar-refractivity contribution is 5.79. The van der Waals surface area contributed by atoms with Crippen molar-refractivity contribution in [2.24, 2.45) is 0 Å². The van der Waals surface area contributed by atoms with Gasteiger partial charge in [-0.3, -0.25) is 4.79 Å². The molecule has 1 aromatic rings. The molecule has 2 amide bonds. The lowest BCUT2D eigenvalue weighted by atomic mass is 9.88. The molecule has 0 bridgehead atoms. The quantitative estimate of drug-likeness (QED) is 0.906. The smallest absolute Gasteiger partial charge is 0.410 e. The van der Waals surface area contributed by atoms with E-state index in [1.54, 1.807) is 4.90 Å². The summed E-state index contributed by atoms with van der Waals surface area (Å²) in [6, 6.07) is 9.65. The summed E-state index contributed by atoms with van der Waals surface area (Å²) < 4.78 is 5.37. The molecule has 2 saturated heterocycles. The summed E-state index contributed by atoms with van der Waals surface area (Å²) in [5.74, 6) is 0.0921. The van der Waals surface area contributed by atoms with Crippen LogP contribution in [-0.4, -0.2) is 35.5 Å². The van der Waals surface area contributed by atoms with Gasteiger partial charge in [-0.2, -0.15) is 0 Å². The highest BCUT2D eigenvalue weighted by Crippen LogP contribution is 2.30. The van der Waals surface area contributed by atoms with Gasteiger partial charge in [0.2, 0.25) is 5.91 Å². The molecule has 21 heavy (non-hydrogen) atoms. The van der Waals surface area contributed by atoms with Gasteiger partial charge in [0.25, 0.3) is 0 Å². The molecular weight excluding hydrogens is 268 g/mol. The third-order valence-electron chi connectivity index (χ3n) is 4.28. The molecule has 112 valence electrons. The Morgan fingerprint density at radius 3 is 2.81 bits per heavy atom. The van der Waals surface area contributed by atoms with Crippen LogP contribution in [0.4, 0.5) is 4.79 Å². The first-order chi connectivity index (χ1) is 10.2. The SMILES string of the molecule is O=C1CC[C@@]2(CCCN(C(=O)OCc3ccccc3)C2)N1. The topological polar surface area (TPSA) is 58.6 Å². The normalized spacial score (nSPS) is 25.0. The van der Waals surface area contributed by atoms with E-state index in [1.807, 2.05) is 30.3 Å². The van der Waals surface area contributed by atoms with Crippen molar-refractivity contribution in [1.82, 2.24) is 10.2 Å². The monoisotopic (exact) mass is 288 g/mol. The second kappa shape index (κ2) is 5.76. The van der Waals surface area contributed by atoms with Crippen LogP contribution in [0, 0.1) is 0 Å². The molecule has 0 saturated carbocycles. The number of likely N-dealkylation sites (tertiary alicyclic amines) is 1. The molecule has 0 aliphatic carbocycles. The number of nitrogens with zero attached hydrogens (tertiary/aromatic N) is 1. The first-order valence-electron chi connectivity index (χ1n) is 7.44. The Hall–Kier alpha value is -2.04. The van der Waals surface area contributed by atoms with E-state index in [0.717, 1.165) is 24.8 Å². The van der Waals surface area contributed by atoms with Crippen molar-refractivity contribution >= 4 is 12.0 Å². The molecule has 5 heteroatoms. The van der Waals surface area contributed by atoms with Gasteiger partial charge >= 0.3 is 6.09 Å². The maximum atomic E-state index is 12.2. The highest BCUT2D eigenvalue weighted by atomic mass is 16.6. The summed E-state index contributed by atoms with van der Waals surface area (Å²) >= 11 is 0. The van der Waals surface area contributed by atoms with Crippen LogP contribution in [0.3, 0.4) is 0 Å². The number of amides is 2. The second-order valence-electron chi connectivity index (χ2n) is 5.89. The first kappa shape index (κ1) is 13.9. The lowest BCUT2D eigenvalue weighted by Crippen LogP contribution is -2.56. The van der Waals surface area contributed by atoms with Gasteiger partial charge in [-0.1, -0.05) is 30.3 Å². The van der Waals surface area contributed by atoms with Crippen molar-refractivity contribution in [2.75, 3.05) is 13.1 Å². The molecule has 1 aromatic carbocycles. The van der Waals surface area contributed by atoms with Crippen molar-refractivity contribution < 1.29 is 14.3 Å². The fourth-order valence-electron chi connectivity index (χ4n) is 3.18. The van der Waals surface area contributed by atoms with Crippen molar-refractivity contribution in [3.63, 3.8) is 0 Å². The van der Waals surface area contributed by atoms with E-state index >= 15 is 0 Å². The van der Waals surface area contributed by atoms with E-state index < -0.39 is 0 Å². The maximum absolute atomic E-state index is 12.2. The molecule has 2 fully saturated rings. The molecule has 2 aliphatic heterocycles. The van der Waals surface area contributed by atoms with Gasteiger partial charge in [-0.15, -0.1) is 0 Å². The zero-order valence-corrected chi connectivity index (χ0v) is 12.0. The van der Waals surface area contributed by atoms with Gasteiger partial charge in [0.1, 0.15) is 6.61 Å². The molecule has 2 aliphatic rings. The Bertz CT molecular complexity index is 532. The third-order valence-corrected chi connectivity index (χ3v) is 4.28. The average Bonchev–Trinajstić information content (AvgIpc) is 2.86. The number of carbonyl (C=O) groups is 2. The lowest BCUT2D eigenvalue weighted by Gasteiger charge is -2.39. The van der Waals surface area contributed by atoms with Crippen LogP contribution in [0.2, 0.25) is 0 Å². The fourth-order valence-corrected chi connectivity index (χ4v) is 3.18. The Kier molecular flexibility index (Phi) is 3.82. The standard InChI is InChI=1S/C16H20N2O3/c19-14-7-9-16(17-14)8-4-10-18(12-16)15(20)21-11-13-5-2-1-3-6-13/h1-3,5-6H,4,7-12H2,(H,17,19)/t16-/m1/s1. The number of hydrogen-bond donors (Lipinski definition) is 1. The summed E-state index contributed by atoms with van der Waals surface area (Å²) in [4.78, 5) is 25.4. The molecule has 0 unspecified atom stereocenters. The second-order valence-corrected chi connectivity index (χ2v) is 5.89. The maximum Gasteiger partial charge on any atom is 0.410 e. The number of nitrogens with one attached hydrogen (secondary N) is 1. The van der Waals surface area contributed by atoms with E-state index in [0.29, 0.717) is 19.5 Å². The number of hydrogen-bond acceptors (Lipinski definition) is 3. The van der Waals surface area contributed by atoms with Crippen LogP contribution in [0.1, 0.15) is 31.2 Å². The van der Waals surface area contributed by atoms with Gasteiger partial charge in [0.05, 0.1) is 5.54 Å². The van der Waals surface area contributed by atoms with Gasteiger partial charge in [0.15, 0.2) is 0 Å². The Morgan fingerprint density at radius 2 is 2.10 bits per heavy atom. The summed E-state index contributed by atoms with van der Waals surface area (Å²) in [6.07, 6.45) is 2.93. The summed E-state index contributed by atoms with van der Waals surface area (Å²) in [5.41, 5.74) is 0.757. The largest absolute Gasteiger partial charge is 0.445 e. The average molecular weight is 288 g/mol. The predicted octanol–water partition coefficient (Wildman–Crippen LogP) is 2.07. The van der Waals surface area contributed by atoms with Gasteiger partial charge < -0.3 is 15.0 Å². The van der Waals surface area contributed by atoms with Crippen molar-refractivity contribution in [3.05, 3.63) is 35.9 Å². The number of benzene rings is 1. The molecular formula is C16H20N2O3. The van der Waals surface area contributed by atoms with Crippen molar-refractivity contribution in [3.8, 4) is 0 Å². The molecule has 0 aromatic heterocycles. The predicted molar refractivity (Wildman–Crippen MR) is 77.5 cm³/mol. The molecule has 1 atom stereocenters. The van der Waals surface area contributed by atoms with E-state index in [-0.39, 0.29) is 24.1 Å². The summed E-state index contributed by atoms with van der Waals surface area (Å²) in [7, 11) is 0. The molecule has 5 nitrogen and oxygen atoms in total. The fraction of sp³-hybridized carbons (Fsp3) is 0.500. The molecule has 0 radical (unpaired) electrons. The van der Waals surface area contributed by atoms with Gasteiger partial charge in [0, 0.05) is 19.5 Å². The molecule has 3 rings (SSSR count). The summed E-state index contributed by atoms with van der Waals surface area (Å²) in [6.45, 7) is 1.55. The number of piperidine rings is 1. The third kappa shape index (κ3) is 3.17. The highest BCUT2D eigenvalue weighted by Gasteiger charge is 2.42. The van der Waals surface area contributed by atoms with Crippen LogP contribution in [-0.2, 0) is 16.1 Å². The Balaban J connectivity index is 1.56. The van der Waals surface area contributed by atoms with Gasteiger partial charge in [-0.05, 0) is 24.8 Å². The minimum absolute atomic E-state index is 0.0921. The zero-order valence-electron chi connectivity index (χ0n) is 12.0. The van der Waals surface area contributed by atoms with Crippen LogP contribution >= 0.6 is 0 Å². The van der Waals surface area contributed by atoms with Crippen molar-refractivity contribution in [1.29, 1.82) is 0 Å². The number of rotatable bonds is 2. The molecule has 2 heterocycles. The minimum atomic E-state index is -0.293. The minimum Gasteiger partial charge on any atom is -0.445 e. The van der Waals surface area contributed by atoms with E-state index in [4.69, 9.17) is 4.74 Å². The Morgan fingerprint density at radius 1 is 1.29 bits per heavy atom. The Labute approximate surface area is 124 Å². The van der Waals surface area contributed by atoms with Crippen molar-refractivity contribution in [2.45, 2.75) is 37.8 Å². The zero-order chi connectivity index (χ0) is 14.7. The van der Waals surface area contributed by atoms with E-state index in [1.165, 1.54) is 0 Å². The molecule has 1 spiro atoms. The van der Waals surface area contributed by atoms with Crippen LogP contribution in [0.25, 0.3) is 0 Å². The lowest BCUT2D eigenvalue weighted by molar-refractivity contribution is -0.120. The number of ether oxygens (including phenoxy) is 1. The van der Waals surface area contributed by atoms with E-state index in [9.17, 15) is 9.59 Å². The first-order valence-corrected chi connectivity index (χ1v) is 7.44. The van der Waals surface area contributed by atoms with Crippen LogP contribution < -0.4 is 5.32 Å². The van der Waals surface area contributed by atoms with E-state index in [2.05, 4.69) is 5.32 Å². The van der Waals surface area contributed by atoms with Crippen LogP contribution in [0.5, 0.6) is 0 Å². The van der Waals surface area contributed by atoms with Gasteiger partial charge in [-0.25, -0.2) is 4.79 Å². The summed E-state index contributed by atoms with van der Waals surface area (Å²) in [5, 5.41) is 3.04. The number of carbonyl (C=O) groups excluding carboxylic acids is 2.